The monoisotopic (exact) mass is 284 g/mol. The fraction of sp³-hybridized carbons (Fsp3) is 0.455. The second-order valence-corrected chi connectivity index (χ2v) is 4.20. The van der Waals surface area contributed by atoms with Gasteiger partial charge in [0.25, 0.3) is 0 Å². The average Bonchev–Trinajstić information content (AvgIpc) is 2.37. The van der Waals surface area contributed by atoms with E-state index in [1.165, 1.54) is 6.92 Å². The van der Waals surface area contributed by atoms with E-state index >= 15 is 0 Å². The molecule has 110 valence electrons. The number of aromatic nitrogens is 1. The molecule has 0 spiro atoms. The van der Waals surface area contributed by atoms with Crippen molar-refractivity contribution in [3.63, 3.8) is 0 Å². The van der Waals surface area contributed by atoms with E-state index in [0.29, 0.717) is 0 Å². The van der Waals surface area contributed by atoms with Crippen molar-refractivity contribution in [1.29, 1.82) is 0 Å². The molecule has 0 bridgehead atoms. The minimum atomic E-state index is -1.42. The van der Waals surface area contributed by atoms with E-state index in [2.05, 4.69) is 10.3 Å². The predicted molar refractivity (Wildman–Crippen MR) is 69.6 cm³/mol. The molecule has 1 amide bonds. The maximum atomic E-state index is 10.7. The summed E-state index contributed by atoms with van der Waals surface area (Å²) < 4.78 is 0. The minimum absolute atomic E-state index is 0.0190. The lowest BCUT2D eigenvalue weighted by Crippen LogP contribution is -2.28. The zero-order chi connectivity index (χ0) is 15.3. The number of nitrogen functional groups attached to an aromatic ring is 1. The molecule has 20 heavy (non-hydrogen) atoms. The van der Waals surface area contributed by atoms with Crippen molar-refractivity contribution in [3.8, 4) is 0 Å². The Bertz CT molecular complexity index is 508. The van der Waals surface area contributed by atoms with Gasteiger partial charge in [-0.05, 0) is 6.42 Å². The summed E-state index contributed by atoms with van der Waals surface area (Å²) in [6.45, 7) is 1.49. The van der Waals surface area contributed by atoms with Gasteiger partial charge in [-0.3, -0.25) is 19.9 Å². The van der Waals surface area contributed by atoms with Crippen molar-refractivity contribution < 1.29 is 19.9 Å². The van der Waals surface area contributed by atoms with E-state index in [4.69, 9.17) is 5.73 Å². The van der Waals surface area contributed by atoms with Gasteiger partial charge in [0.05, 0.1) is 11.0 Å². The number of nitrogens with one attached hydrogen (secondary N) is 1. The number of pyridine rings is 1. The van der Waals surface area contributed by atoms with Gasteiger partial charge in [0.1, 0.15) is 18.0 Å². The van der Waals surface area contributed by atoms with Crippen LogP contribution in [0.1, 0.15) is 25.0 Å². The molecule has 1 heterocycles. The van der Waals surface area contributed by atoms with Gasteiger partial charge < -0.3 is 21.3 Å². The van der Waals surface area contributed by atoms with Crippen LogP contribution in [0.25, 0.3) is 0 Å². The summed E-state index contributed by atoms with van der Waals surface area (Å²) >= 11 is 0. The predicted octanol–water partition coefficient (Wildman–Crippen LogP) is -0.508. The lowest BCUT2D eigenvalue weighted by atomic mass is 10.0. The van der Waals surface area contributed by atoms with E-state index in [9.17, 15) is 25.1 Å². The lowest BCUT2D eigenvalue weighted by molar-refractivity contribution is -0.384. The molecular formula is C11H16N4O5. The Hall–Kier alpha value is -2.26. The van der Waals surface area contributed by atoms with Crippen LogP contribution in [-0.2, 0) is 4.79 Å². The van der Waals surface area contributed by atoms with Crippen molar-refractivity contribution in [2.24, 2.45) is 0 Å². The Morgan fingerprint density at radius 1 is 1.55 bits per heavy atom. The van der Waals surface area contributed by atoms with E-state index in [1.807, 2.05) is 0 Å². The highest BCUT2D eigenvalue weighted by Crippen LogP contribution is 2.30. The number of amides is 1. The third-order valence-electron chi connectivity index (χ3n) is 2.69. The average molecular weight is 284 g/mol. The molecule has 0 fully saturated rings. The Morgan fingerprint density at radius 2 is 2.20 bits per heavy atom. The fourth-order valence-corrected chi connectivity index (χ4v) is 1.62. The van der Waals surface area contributed by atoms with Crippen molar-refractivity contribution in [2.45, 2.75) is 25.6 Å². The van der Waals surface area contributed by atoms with Crippen LogP contribution < -0.4 is 11.1 Å². The minimum Gasteiger partial charge on any atom is -0.393 e. The molecule has 0 aliphatic rings. The van der Waals surface area contributed by atoms with Crippen molar-refractivity contribution in [3.05, 3.63) is 28.1 Å². The number of aliphatic hydroxyl groups is 2. The zero-order valence-electron chi connectivity index (χ0n) is 10.8. The maximum Gasteiger partial charge on any atom is 0.310 e. The first-order chi connectivity index (χ1) is 9.34. The van der Waals surface area contributed by atoms with Crippen LogP contribution in [0, 0.1) is 10.1 Å². The smallest absolute Gasteiger partial charge is 0.310 e. The number of nitrogens with zero attached hydrogens (tertiary/aromatic N) is 2. The fourth-order valence-electron chi connectivity index (χ4n) is 1.62. The second kappa shape index (κ2) is 6.78. The number of hydrogen-bond acceptors (Lipinski definition) is 7. The number of aliphatic hydroxyl groups excluding tert-OH is 2. The molecule has 5 N–H and O–H groups in total. The first kappa shape index (κ1) is 15.8. The molecule has 9 nitrogen and oxygen atoms in total. The molecule has 9 heteroatoms. The number of carbonyl (C=O) groups is 1. The highest BCUT2D eigenvalue weighted by atomic mass is 16.6. The Morgan fingerprint density at radius 3 is 2.75 bits per heavy atom. The summed E-state index contributed by atoms with van der Waals surface area (Å²) in [4.78, 5) is 24.3. The van der Waals surface area contributed by atoms with Gasteiger partial charge in [-0.15, -0.1) is 0 Å². The Labute approximate surface area is 114 Å². The van der Waals surface area contributed by atoms with Gasteiger partial charge in [-0.25, -0.2) is 0 Å². The van der Waals surface area contributed by atoms with Gasteiger partial charge in [0.15, 0.2) is 0 Å². The third-order valence-corrected chi connectivity index (χ3v) is 2.69. The first-order valence-electron chi connectivity index (χ1n) is 5.83. The molecule has 1 aromatic rings. The van der Waals surface area contributed by atoms with Crippen LogP contribution in [0.15, 0.2) is 12.4 Å². The zero-order valence-corrected chi connectivity index (χ0v) is 10.8. The summed E-state index contributed by atoms with van der Waals surface area (Å²) in [7, 11) is 0. The second-order valence-electron chi connectivity index (χ2n) is 4.20. The highest BCUT2D eigenvalue weighted by molar-refractivity contribution is 5.72. The summed E-state index contributed by atoms with van der Waals surface area (Å²) in [6.07, 6.45) is -0.448. The number of nitrogens with two attached hydrogens (primary N) is 1. The van der Waals surface area contributed by atoms with Crippen LogP contribution in [-0.4, -0.2) is 38.7 Å². The van der Waals surface area contributed by atoms with Gasteiger partial charge in [-0.2, -0.15) is 0 Å². The Kier molecular flexibility index (Phi) is 5.35. The highest BCUT2D eigenvalue weighted by Gasteiger charge is 2.25. The molecule has 0 saturated carbocycles. The number of anilines is 1. The quantitative estimate of drug-likeness (QED) is 0.405. The van der Waals surface area contributed by atoms with Crippen LogP contribution in [0.5, 0.6) is 0 Å². The first-order valence-corrected chi connectivity index (χ1v) is 5.83. The van der Waals surface area contributed by atoms with Crippen LogP contribution in [0.4, 0.5) is 11.4 Å². The summed E-state index contributed by atoms with van der Waals surface area (Å²) in [6, 6.07) is 0. The van der Waals surface area contributed by atoms with Crippen LogP contribution >= 0.6 is 0 Å². The number of hydrogen-bond donors (Lipinski definition) is 4. The van der Waals surface area contributed by atoms with Crippen LogP contribution in [0.3, 0.4) is 0 Å². The van der Waals surface area contributed by atoms with Crippen molar-refractivity contribution >= 4 is 17.3 Å². The molecule has 0 aliphatic heterocycles. The molecule has 0 aromatic carbocycles. The number of carbonyl (C=O) groups excluding carboxylic acids is 1. The molecule has 2 atom stereocenters. The van der Waals surface area contributed by atoms with Crippen molar-refractivity contribution in [2.75, 3.05) is 12.3 Å². The van der Waals surface area contributed by atoms with Gasteiger partial charge in [0, 0.05) is 25.2 Å². The maximum absolute atomic E-state index is 10.7. The van der Waals surface area contributed by atoms with Crippen molar-refractivity contribution in [1.82, 2.24) is 10.3 Å². The molecule has 0 radical (unpaired) electrons. The van der Waals surface area contributed by atoms with Crippen LogP contribution in [0.2, 0.25) is 0 Å². The van der Waals surface area contributed by atoms with Gasteiger partial charge in [0.2, 0.25) is 5.91 Å². The normalized spacial score (nSPS) is 13.6. The molecular weight excluding hydrogens is 268 g/mol. The van der Waals surface area contributed by atoms with E-state index < -0.39 is 22.8 Å². The molecule has 2 unspecified atom stereocenters. The Balaban J connectivity index is 2.81. The van der Waals surface area contributed by atoms with Gasteiger partial charge in [-0.1, -0.05) is 0 Å². The van der Waals surface area contributed by atoms with E-state index in [-0.39, 0.29) is 30.1 Å². The summed E-state index contributed by atoms with van der Waals surface area (Å²) in [5, 5.41) is 32.9. The molecule has 0 aliphatic carbocycles. The van der Waals surface area contributed by atoms with E-state index in [1.54, 1.807) is 0 Å². The van der Waals surface area contributed by atoms with E-state index in [0.717, 1.165) is 12.4 Å². The number of rotatable bonds is 6. The molecule has 1 rings (SSSR count). The lowest BCUT2D eigenvalue weighted by Gasteiger charge is -2.19. The number of nitro groups is 1. The summed E-state index contributed by atoms with van der Waals surface area (Å²) in [5.74, 6) is -0.261. The molecule has 0 saturated heterocycles. The largest absolute Gasteiger partial charge is 0.393 e. The van der Waals surface area contributed by atoms with Gasteiger partial charge >= 0.3 is 5.69 Å². The topological polar surface area (TPSA) is 152 Å². The third kappa shape index (κ3) is 3.87. The molecule has 1 aromatic heterocycles. The SMILES string of the molecule is CC(=O)NCCC(O)C(O)c1cncc([N+](=O)[O-])c1N. The standard InChI is InChI=1S/C11H16N4O5/c1-6(16)14-3-2-9(17)11(18)7-4-13-5-8(10(7)12)15(19)20/h4-5,9,11,17-18H,2-3H2,1H3,(H2,12,13)(H,14,16). The summed E-state index contributed by atoms with van der Waals surface area (Å²) in [5.41, 5.74) is 4.88.